The van der Waals surface area contributed by atoms with Crippen LogP contribution in [-0.4, -0.2) is 62.0 Å². The normalized spacial score (nSPS) is 23.6. The van der Waals surface area contributed by atoms with E-state index >= 15 is 0 Å². The first-order valence-electron chi connectivity index (χ1n) is 13.7. The van der Waals surface area contributed by atoms with Crippen LogP contribution in [0.15, 0.2) is 34.7 Å². The highest BCUT2D eigenvalue weighted by atomic mass is 35.5. The Labute approximate surface area is 244 Å². The third-order valence-corrected chi connectivity index (χ3v) is 11.3. The van der Waals surface area contributed by atoms with Gasteiger partial charge < -0.3 is 19.5 Å². The van der Waals surface area contributed by atoms with Crippen molar-refractivity contribution >= 4 is 67.4 Å². The van der Waals surface area contributed by atoms with E-state index in [-0.39, 0.29) is 6.04 Å². The summed E-state index contributed by atoms with van der Waals surface area (Å²) in [5, 5.41) is 5.20. The predicted octanol–water partition coefficient (Wildman–Crippen LogP) is 6.69. The second kappa shape index (κ2) is 10.9. The van der Waals surface area contributed by atoms with Crippen LogP contribution in [0.4, 0.5) is 11.7 Å². The second-order valence-corrected chi connectivity index (χ2v) is 14.8. The van der Waals surface area contributed by atoms with E-state index in [4.69, 9.17) is 44.2 Å². The number of rotatable bonds is 6. The van der Waals surface area contributed by atoms with Crippen LogP contribution in [0.1, 0.15) is 44.2 Å². The van der Waals surface area contributed by atoms with Crippen molar-refractivity contribution in [1.29, 1.82) is 0 Å². The van der Waals surface area contributed by atoms with Crippen LogP contribution in [-0.2, 0) is 9.84 Å². The molecule has 3 aliphatic heterocycles. The van der Waals surface area contributed by atoms with Gasteiger partial charge >= 0.3 is 0 Å². The molecule has 0 saturated carbocycles. The van der Waals surface area contributed by atoms with Crippen molar-refractivity contribution in [3.05, 3.63) is 51.0 Å². The monoisotopic (exact) mass is 610 g/mol. The summed E-state index contributed by atoms with van der Waals surface area (Å²) in [5.74, 6) is 1.87. The molecular formula is C28H33Cl3N4O3S. The Balaban J connectivity index is 1.12. The molecule has 0 spiro atoms. The average Bonchev–Trinajstić information content (AvgIpc) is 3.29. The molecule has 0 amide bonds. The summed E-state index contributed by atoms with van der Waals surface area (Å²) < 4.78 is 30.0. The number of likely N-dealkylation sites (tertiary alicyclic amines) is 1. The van der Waals surface area contributed by atoms with E-state index in [2.05, 4.69) is 15.1 Å². The van der Waals surface area contributed by atoms with Crippen molar-refractivity contribution in [3.63, 3.8) is 0 Å². The Kier molecular flexibility index (Phi) is 7.70. The van der Waals surface area contributed by atoms with Gasteiger partial charge in [-0.3, -0.25) is 0 Å². The maximum atomic E-state index is 11.9. The molecule has 3 fully saturated rings. The van der Waals surface area contributed by atoms with Crippen LogP contribution < -0.4 is 10.2 Å². The lowest BCUT2D eigenvalue weighted by Crippen LogP contribution is -2.55. The molecule has 2 atom stereocenters. The first kappa shape index (κ1) is 27.5. The Hall–Kier alpha value is -1.71. The molecule has 0 aliphatic carbocycles. The summed E-state index contributed by atoms with van der Waals surface area (Å²) in [7, 11) is -2.83. The summed E-state index contributed by atoms with van der Waals surface area (Å²) in [6.07, 6.45) is 3.95. The number of oxazole rings is 1. The highest BCUT2D eigenvalue weighted by Gasteiger charge is 2.39. The van der Waals surface area contributed by atoms with E-state index in [1.807, 2.05) is 31.2 Å². The fraction of sp³-hybridized carbons (Fsp3) is 0.536. The number of halogens is 3. The maximum Gasteiger partial charge on any atom is 0.298 e. The molecule has 0 radical (unpaired) electrons. The van der Waals surface area contributed by atoms with E-state index in [0.717, 1.165) is 50.1 Å². The summed E-state index contributed by atoms with van der Waals surface area (Å²) in [6, 6.07) is 10.1. The fourth-order valence-electron chi connectivity index (χ4n) is 6.34. The van der Waals surface area contributed by atoms with E-state index in [1.165, 1.54) is 12.8 Å². The number of hydrogen-bond donors (Lipinski definition) is 1. The van der Waals surface area contributed by atoms with Gasteiger partial charge in [0.25, 0.3) is 6.01 Å². The number of aromatic nitrogens is 1. The SMILES string of the molecule is C[C@@H](Nc1c(Cl)ccc2nc(N3CC([C@H]4CCCN(C5CCS(=O)(=O)CC5)C4)C3)oc12)c1ccc(Cl)cc1Cl. The molecule has 4 heterocycles. The number of nitrogens with one attached hydrogen (secondary N) is 1. The summed E-state index contributed by atoms with van der Waals surface area (Å²) in [5.41, 5.74) is 3.00. The number of sulfone groups is 1. The molecule has 11 heteroatoms. The van der Waals surface area contributed by atoms with E-state index < -0.39 is 9.84 Å². The van der Waals surface area contributed by atoms with Gasteiger partial charge in [-0.1, -0.05) is 40.9 Å². The zero-order valence-corrected chi connectivity index (χ0v) is 25.0. The van der Waals surface area contributed by atoms with Crippen molar-refractivity contribution in [2.45, 2.75) is 44.7 Å². The van der Waals surface area contributed by atoms with Crippen molar-refractivity contribution in [1.82, 2.24) is 9.88 Å². The molecule has 3 aliphatic rings. The third-order valence-electron chi connectivity index (χ3n) is 8.66. The molecule has 39 heavy (non-hydrogen) atoms. The quantitative estimate of drug-likeness (QED) is 0.333. The second-order valence-electron chi connectivity index (χ2n) is 11.2. The Morgan fingerprint density at radius 1 is 1.00 bits per heavy atom. The largest absolute Gasteiger partial charge is 0.421 e. The van der Waals surface area contributed by atoms with Crippen LogP contribution in [0.3, 0.4) is 0 Å². The molecular weight excluding hydrogens is 579 g/mol. The van der Waals surface area contributed by atoms with Crippen LogP contribution in [0, 0.1) is 11.8 Å². The van der Waals surface area contributed by atoms with Crippen LogP contribution in [0.25, 0.3) is 11.1 Å². The first-order valence-corrected chi connectivity index (χ1v) is 16.6. The number of benzene rings is 2. The molecule has 1 aromatic heterocycles. The zero-order chi connectivity index (χ0) is 27.3. The van der Waals surface area contributed by atoms with Crippen LogP contribution >= 0.6 is 34.8 Å². The van der Waals surface area contributed by atoms with Crippen molar-refractivity contribution in [2.75, 3.05) is 47.9 Å². The van der Waals surface area contributed by atoms with Crippen molar-refractivity contribution in [3.8, 4) is 0 Å². The van der Waals surface area contributed by atoms with Gasteiger partial charge in [0.1, 0.15) is 15.4 Å². The summed E-state index contributed by atoms with van der Waals surface area (Å²) in [4.78, 5) is 9.53. The molecule has 2 aromatic carbocycles. The van der Waals surface area contributed by atoms with Gasteiger partial charge in [0.2, 0.25) is 0 Å². The molecule has 3 aromatic rings. The van der Waals surface area contributed by atoms with E-state index in [9.17, 15) is 8.42 Å². The Bertz CT molecular complexity index is 1460. The maximum absolute atomic E-state index is 11.9. The van der Waals surface area contributed by atoms with Gasteiger partial charge in [0.15, 0.2) is 5.58 Å². The molecule has 7 nitrogen and oxygen atoms in total. The number of piperidine rings is 1. The van der Waals surface area contributed by atoms with Crippen LogP contribution in [0.2, 0.25) is 15.1 Å². The van der Waals surface area contributed by atoms with Gasteiger partial charge in [-0.2, -0.15) is 4.98 Å². The number of fused-ring (bicyclic) bond motifs is 1. The minimum absolute atomic E-state index is 0.127. The first-order chi connectivity index (χ1) is 18.7. The molecule has 0 bridgehead atoms. The van der Waals surface area contributed by atoms with Gasteiger partial charge in [0, 0.05) is 35.7 Å². The number of anilines is 2. The van der Waals surface area contributed by atoms with Crippen molar-refractivity contribution < 1.29 is 12.8 Å². The van der Waals surface area contributed by atoms with Crippen LogP contribution in [0.5, 0.6) is 0 Å². The zero-order valence-electron chi connectivity index (χ0n) is 21.9. The lowest BCUT2D eigenvalue weighted by Gasteiger charge is -2.47. The Morgan fingerprint density at radius 3 is 2.51 bits per heavy atom. The Morgan fingerprint density at radius 2 is 1.77 bits per heavy atom. The highest BCUT2D eigenvalue weighted by Crippen LogP contribution is 2.40. The van der Waals surface area contributed by atoms with Gasteiger partial charge in [-0.15, -0.1) is 0 Å². The standard InChI is InChI=1S/C28H33Cl3N4O3S/c1-17(22-5-4-20(29)13-24(22)31)32-26-23(30)6-7-25-27(26)38-28(33-25)35-15-19(16-35)18-3-2-10-34(14-18)21-8-11-39(36,37)12-9-21/h4-7,13,17-19,21,32H,2-3,8-12,14-16H2,1H3/t17-,18+/m1/s1. The predicted molar refractivity (Wildman–Crippen MR) is 159 cm³/mol. The molecule has 210 valence electrons. The molecule has 1 N–H and O–H groups in total. The fourth-order valence-corrected chi connectivity index (χ4v) is 8.58. The minimum atomic E-state index is -2.83. The van der Waals surface area contributed by atoms with Gasteiger partial charge in [-0.25, -0.2) is 8.42 Å². The lowest BCUT2D eigenvalue weighted by molar-refractivity contribution is 0.0790. The third kappa shape index (κ3) is 5.73. The topological polar surface area (TPSA) is 78.7 Å². The highest BCUT2D eigenvalue weighted by molar-refractivity contribution is 7.91. The smallest absolute Gasteiger partial charge is 0.298 e. The van der Waals surface area contributed by atoms with Gasteiger partial charge in [0.05, 0.1) is 28.3 Å². The minimum Gasteiger partial charge on any atom is -0.421 e. The average molecular weight is 612 g/mol. The molecule has 3 saturated heterocycles. The molecule has 0 unspecified atom stereocenters. The number of nitrogens with zero attached hydrogens (tertiary/aromatic N) is 3. The molecule has 6 rings (SSSR count). The van der Waals surface area contributed by atoms with E-state index in [1.54, 1.807) is 6.07 Å². The van der Waals surface area contributed by atoms with E-state index in [0.29, 0.717) is 61.7 Å². The summed E-state index contributed by atoms with van der Waals surface area (Å²) in [6.45, 7) is 5.99. The lowest BCUT2D eigenvalue weighted by atomic mass is 9.80. The summed E-state index contributed by atoms with van der Waals surface area (Å²) >= 11 is 19.1. The van der Waals surface area contributed by atoms with Gasteiger partial charge in [-0.05, 0) is 80.8 Å². The number of hydrogen-bond acceptors (Lipinski definition) is 7. The van der Waals surface area contributed by atoms with Crippen molar-refractivity contribution in [2.24, 2.45) is 11.8 Å².